The van der Waals surface area contributed by atoms with Crippen molar-refractivity contribution in [3.8, 4) is 0 Å². The minimum Gasteiger partial charge on any atom is -0.459 e. The summed E-state index contributed by atoms with van der Waals surface area (Å²) in [5, 5.41) is 11.0. The molecule has 3 aliphatic heterocycles. The summed E-state index contributed by atoms with van der Waals surface area (Å²) in [5.74, 6) is -2.00. The van der Waals surface area contributed by atoms with E-state index in [0.717, 1.165) is 41.5 Å². The van der Waals surface area contributed by atoms with Gasteiger partial charge in [0.25, 0.3) is 5.24 Å². The lowest BCUT2D eigenvalue weighted by Gasteiger charge is -2.45. The Morgan fingerprint density at radius 2 is 2.07 bits per heavy atom. The molecule has 0 unspecified atom stereocenters. The van der Waals surface area contributed by atoms with Crippen molar-refractivity contribution in [1.82, 2.24) is 4.90 Å². The third kappa shape index (κ3) is 5.53. The first kappa shape index (κ1) is 23.0. The lowest BCUT2D eigenvalue weighted by atomic mass is 9.89. The van der Waals surface area contributed by atoms with E-state index >= 15 is 0 Å². The van der Waals surface area contributed by atoms with Gasteiger partial charge in [-0.1, -0.05) is 36.4 Å². The highest BCUT2D eigenvalue weighted by Crippen LogP contribution is 2.40. The minimum absolute atomic E-state index is 0.0276. The van der Waals surface area contributed by atoms with Crippen molar-refractivity contribution in [2.24, 2.45) is 5.92 Å². The molecule has 7 nitrogen and oxygen atoms in total. The summed E-state index contributed by atoms with van der Waals surface area (Å²) >= 11 is 0.991. The van der Waals surface area contributed by atoms with Crippen molar-refractivity contribution in [3.63, 3.8) is 0 Å². The van der Waals surface area contributed by atoms with Crippen LogP contribution in [0.5, 0.6) is 0 Å². The summed E-state index contributed by atoms with van der Waals surface area (Å²) in [6.07, 6.45) is 8.64. The molecule has 1 N–H and O–H groups in total. The van der Waals surface area contributed by atoms with Crippen LogP contribution in [0, 0.1) is 5.92 Å². The van der Waals surface area contributed by atoms with Gasteiger partial charge in [-0.05, 0) is 38.5 Å². The van der Waals surface area contributed by atoms with Gasteiger partial charge in [0.1, 0.15) is 12.1 Å². The predicted molar refractivity (Wildman–Crippen MR) is 114 cm³/mol. The van der Waals surface area contributed by atoms with Gasteiger partial charge in [-0.3, -0.25) is 14.5 Å². The molecular formula is C22H31NO6S. The molecule has 0 aromatic carbocycles. The van der Waals surface area contributed by atoms with Crippen LogP contribution in [-0.2, 0) is 19.1 Å². The Morgan fingerprint density at radius 1 is 1.30 bits per heavy atom. The fraction of sp³-hybridized carbons (Fsp3) is 0.682. The number of carbonyl (C=O) groups is 3. The third-order valence-electron chi connectivity index (χ3n) is 5.91. The van der Waals surface area contributed by atoms with Gasteiger partial charge in [0.15, 0.2) is 5.79 Å². The number of aliphatic hydroxyl groups is 1. The maximum atomic E-state index is 12.4. The quantitative estimate of drug-likeness (QED) is 0.495. The van der Waals surface area contributed by atoms with Gasteiger partial charge in [-0.2, -0.15) is 0 Å². The van der Waals surface area contributed by atoms with Gasteiger partial charge in [-0.15, -0.1) is 0 Å². The zero-order valence-corrected chi connectivity index (χ0v) is 18.7. The van der Waals surface area contributed by atoms with Gasteiger partial charge in [0.05, 0.1) is 6.10 Å². The number of fused-ring (bicyclic) bond motifs is 2. The topological polar surface area (TPSA) is 93.1 Å². The molecule has 0 spiro atoms. The normalized spacial score (nSPS) is 37.9. The number of hydrogen-bond donors (Lipinski definition) is 1. The Hall–Kier alpha value is -1.64. The highest BCUT2D eigenvalue weighted by molar-refractivity contribution is 8.14. The van der Waals surface area contributed by atoms with Crippen LogP contribution in [0.25, 0.3) is 0 Å². The molecule has 30 heavy (non-hydrogen) atoms. The fourth-order valence-electron chi connectivity index (χ4n) is 4.33. The highest BCUT2D eigenvalue weighted by Gasteiger charge is 2.54. The van der Waals surface area contributed by atoms with Crippen molar-refractivity contribution < 1.29 is 29.0 Å². The first-order chi connectivity index (χ1) is 14.2. The number of hydrogen-bond acceptors (Lipinski definition) is 7. The summed E-state index contributed by atoms with van der Waals surface area (Å²) in [6.45, 7) is 5.35. The van der Waals surface area contributed by atoms with E-state index in [0.29, 0.717) is 18.8 Å². The fourth-order valence-corrected chi connectivity index (χ4v) is 5.43. The van der Waals surface area contributed by atoms with E-state index in [9.17, 15) is 19.5 Å². The molecule has 0 aromatic heterocycles. The van der Waals surface area contributed by atoms with Crippen LogP contribution in [0.2, 0.25) is 0 Å². The molecule has 2 fully saturated rings. The number of ether oxygens (including phenoxy) is 2. The van der Waals surface area contributed by atoms with Gasteiger partial charge in [0.2, 0.25) is 5.91 Å². The first-order valence-electron chi connectivity index (χ1n) is 10.6. The summed E-state index contributed by atoms with van der Waals surface area (Å²) in [5.41, 5.74) is 0.939. The van der Waals surface area contributed by atoms with E-state index in [2.05, 4.69) is 19.1 Å². The van der Waals surface area contributed by atoms with Crippen molar-refractivity contribution >= 4 is 28.9 Å². The molecule has 2 saturated heterocycles. The van der Waals surface area contributed by atoms with Crippen LogP contribution in [0.1, 0.15) is 59.3 Å². The van der Waals surface area contributed by atoms with E-state index in [1.807, 2.05) is 6.92 Å². The molecule has 3 aliphatic rings. The maximum absolute atomic E-state index is 12.4. The van der Waals surface area contributed by atoms with Crippen LogP contribution >= 0.6 is 11.8 Å². The van der Waals surface area contributed by atoms with Gasteiger partial charge in [-0.25, -0.2) is 4.79 Å². The Balaban J connectivity index is 1.85. The number of amides is 2. The Morgan fingerprint density at radius 3 is 2.80 bits per heavy atom. The van der Waals surface area contributed by atoms with Gasteiger partial charge >= 0.3 is 5.97 Å². The molecule has 0 aliphatic carbocycles. The van der Waals surface area contributed by atoms with Crippen molar-refractivity contribution in [1.29, 1.82) is 0 Å². The lowest BCUT2D eigenvalue weighted by molar-refractivity contribution is -0.292. The second-order valence-corrected chi connectivity index (χ2v) is 9.55. The summed E-state index contributed by atoms with van der Waals surface area (Å²) in [6, 6.07) is -0.801. The smallest absolute Gasteiger partial charge is 0.330 e. The van der Waals surface area contributed by atoms with Crippen molar-refractivity contribution in [2.45, 2.75) is 83.3 Å². The minimum atomic E-state index is -1.74. The van der Waals surface area contributed by atoms with Gasteiger partial charge in [0, 0.05) is 31.6 Å². The second-order valence-electron chi connectivity index (χ2n) is 8.58. The molecule has 5 atom stereocenters. The molecule has 2 amide bonds. The summed E-state index contributed by atoms with van der Waals surface area (Å²) in [7, 11) is 0. The number of allylic oxidation sites excluding steroid dienone is 3. The van der Waals surface area contributed by atoms with Crippen LogP contribution in [0.4, 0.5) is 4.79 Å². The second kappa shape index (κ2) is 9.66. The molecule has 0 aromatic rings. The SMILES string of the molecule is CC(=O)N1C(=O)SC[C@H]1[C@@]1(O)C[C@H]2C[C@@H](CC[C@H](C)C=CCC/C(C)=C/C(=O)O2)O1. The zero-order valence-electron chi connectivity index (χ0n) is 17.8. The van der Waals surface area contributed by atoms with Crippen LogP contribution in [0.3, 0.4) is 0 Å². The maximum Gasteiger partial charge on any atom is 0.330 e. The standard InChI is InChI=1S/C22H31NO6S/c1-14-6-4-5-7-15(2)10-20(25)28-18-11-17(9-8-14)29-22(27,12-18)19-13-30-21(26)23(19)16(3)24/h4,6,10,14,17-19,27H,5,7-9,11-13H2,1-3H3/b6-4?,15-10+/t14-,17-,18-,19+,22-/m1/s1. The molecule has 3 rings (SSSR count). The van der Waals surface area contributed by atoms with Crippen molar-refractivity contribution in [3.05, 3.63) is 23.8 Å². The Kier molecular flexibility index (Phi) is 7.42. The lowest BCUT2D eigenvalue weighted by Crippen LogP contribution is -2.60. The van der Waals surface area contributed by atoms with Crippen LogP contribution < -0.4 is 0 Å². The van der Waals surface area contributed by atoms with E-state index in [1.54, 1.807) is 0 Å². The molecule has 0 saturated carbocycles. The Labute approximate surface area is 181 Å². The van der Waals surface area contributed by atoms with E-state index in [-0.39, 0.29) is 23.5 Å². The monoisotopic (exact) mass is 437 g/mol. The number of nitrogens with zero attached hydrogens (tertiary/aromatic N) is 1. The van der Waals surface area contributed by atoms with Crippen molar-refractivity contribution in [2.75, 3.05) is 5.75 Å². The average molecular weight is 438 g/mol. The Bertz CT molecular complexity index is 750. The number of rotatable bonds is 1. The molecule has 8 heteroatoms. The number of carbonyl (C=O) groups excluding carboxylic acids is 3. The third-order valence-corrected chi connectivity index (χ3v) is 6.84. The summed E-state index contributed by atoms with van der Waals surface area (Å²) in [4.78, 5) is 37.7. The van der Waals surface area contributed by atoms with E-state index in [4.69, 9.17) is 9.47 Å². The van der Waals surface area contributed by atoms with E-state index < -0.39 is 29.8 Å². The molecular weight excluding hydrogens is 406 g/mol. The number of thioether (sulfide) groups is 1. The average Bonchev–Trinajstić information content (AvgIpc) is 3.05. The number of imide groups is 1. The summed E-state index contributed by atoms with van der Waals surface area (Å²) < 4.78 is 11.8. The van der Waals surface area contributed by atoms with E-state index in [1.165, 1.54) is 13.0 Å². The first-order valence-corrected chi connectivity index (χ1v) is 11.6. The predicted octanol–water partition coefficient (Wildman–Crippen LogP) is 3.56. The molecule has 166 valence electrons. The zero-order chi connectivity index (χ0) is 21.9. The molecule has 0 radical (unpaired) electrons. The molecule has 2 bridgehead atoms. The van der Waals surface area contributed by atoms with Crippen LogP contribution in [0.15, 0.2) is 23.8 Å². The van der Waals surface area contributed by atoms with Crippen LogP contribution in [-0.4, -0.2) is 56.9 Å². The molecule has 3 heterocycles. The highest BCUT2D eigenvalue weighted by atomic mass is 32.2. The van der Waals surface area contributed by atoms with Gasteiger partial charge < -0.3 is 14.6 Å². The largest absolute Gasteiger partial charge is 0.459 e. The number of esters is 1.